The van der Waals surface area contributed by atoms with E-state index in [1.807, 2.05) is 19.1 Å². The number of carbonyl (C=O) groups excluding carboxylic acids is 3. The van der Waals surface area contributed by atoms with Crippen molar-refractivity contribution in [3.05, 3.63) is 99.1 Å². The van der Waals surface area contributed by atoms with Crippen LogP contribution in [0.2, 0.25) is 0 Å². The predicted octanol–water partition coefficient (Wildman–Crippen LogP) is 4.41. The third-order valence-electron chi connectivity index (χ3n) is 5.73. The van der Waals surface area contributed by atoms with Crippen LogP contribution in [0.5, 0.6) is 11.5 Å². The minimum absolute atomic E-state index is 0.0421. The van der Waals surface area contributed by atoms with Crippen molar-refractivity contribution in [2.75, 3.05) is 12.0 Å². The molecule has 1 heterocycles. The molecule has 10 nitrogen and oxygen atoms in total. The van der Waals surface area contributed by atoms with Gasteiger partial charge in [-0.1, -0.05) is 43.3 Å². The van der Waals surface area contributed by atoms with Gasteiger partial charge in [-0.2, -0.15) is 0 Å². The number of nitro groups is 1. The van der Waals surface area contributed by atoms with E-state index in [0.717, 1.165) is 10.5 Å². The first kappa shape index (κ1) is 25.1. The number of methoxy groups -OCH3 is 1. The lowest BCUT2D eigenvalue weighted by Gasteiger charge is -2.28. The van der Waals surface area contributed by atoms with Crippen LogP contribution in [0, 0.1) is 10.1 Å². The lowest BCUT2D eigenvalue weighted by atomic mass is 10.0. The van der Waals surface area contributed by atoms with E-state index in [1.165, 1.54) is 25.3 Å². The second-order valence-corrected chi connectivity index (χ2v) is 8.07. The molecule has 1 aliphatic rings. The fraction of sp³-hybridized carbons (Fsp3) is 0.148. The van der Waals surface area contributed by atoms with Gasteiger partial charge in [-0.05, 0) is 47.4 Å². The molecule has 0 bridgehead atoms. The van der Waals surface area contributed by atoms with Crippen molar-refractivity contribution >= 4 is 35.3 Å². The molecule has 1 N–H and O–H groups in total. The van der Waals surface area contributed by atoms with Crippen LogP contribution in [-0.4, -0.2) is 29.9 Å². The topological polar surface area (TPSA) is 128 Å². The van der Waals surface area contributed by atoms with Crippen LogP contribution in [0.1, 0.15) is 23.6 Å². The van der Waals surface area contributed by atoms with Crippen molar-refractivity contribution in [1.29, 1.82) is 0 Å². The van der Waals surface area contributed by atoms with Crippen molar-refractivity contribution in [3.63, 3.8) is 0 Å². The molecular formula is C27H23N3O7. The number of ether oxygens (including phenoxy) is 2. The number of nitrogens with zero attached hydrogens (tertiary/aromatic N) is 2. The number of nitro benzene ring substituents is 1. The lowest BCUT2D eigenvalue weighted by Crippen LogP contribution is -2.54. The maximum Gasteiger partial charge on any atom is 0.335 e. The molecule has 0 radical (unpaired) electrons. The highest BCUT2D eigenvalue weighted by Crippen LogP contribution is 2.31. The van der Waals surface area contributed by atoms with Crippen LogP contribution < -0.4 is 19.7 Å². The van der Waals surface area contributed by atoms with E-state index >= 15 is 0 Å². The number of aryl methyl sites for hydroxylation is 1. The fourth-order valence-electron chi connectivity index (χ4n) is 3.88. The summed E-state index contributed by atoms with van der Waals surface area (Å²) in [5, 5.41) is 13.2. The van der Waals surface area contributed by atoms with Crippen molar-refractivity contribution in [2.45, 2.75) is 20.0 Å². The number of anilines is 1. The number of imide groups is 2. The summed E-state index contributed by atoms with van der Waals surface area (Å²) >= 11 is 0. The molecule has 0 atom stereocenters. The van der Waals surface area contributed by atoms with Crippen molar-refractivity contribution in [3.8, 4) is 11.5 Å². The van der Waals surface area contributed by atoms with Gasteiger partial charge >= 0.3 is 6.03 Å². The number of hydrogen-bond donors (Lipinski definition) is 1. The molecule has 0 unspecified atom stereocenters. The SMILES string of the molecule is CCc1ccccc1N1C(=O)NC(=O)/C(=C/c2ccc(OCc3cccc([N+](=O)[O-])c3)c(OC)c2)C1=O. The van der Waals surface area contributed by atoms with Crippen LogP contribution >= 0.6 is 0 Å². The Labute approximate surface area is 212 Å². The van der Waals surface area contributed by atoms with Gasteiger partial charge in [0.05, 0.1) is 17.7 Å². The van der Waals surface area contributed by atoms with E-state index < -0.39 is 22.8 Å². The van der Waals surface area contributed by atoms with Gasteiger partial charge < -0.3 is 9.47 Å². The Kier molecular flexibility index (Phi) is 7.28. The fourth-order valence-corrected chi connectivity index (χ4v) is 3.88. The Morgan fingerprint density at radius 2 is 1.78 bits per heavy atom. The van der Waals surface area contributed by atoms with Gasteiger partial charge in [-0.25, -0.2) is 9.69 Å². The second kappa shape index (κ2) is 10.7. The number of urea groups is 1. The van der Waals surface area contributed by atoms with E-state index in [0.29, 0.717) is 34.7 Å². The zero-order chi connectivity index (χ0) is 26.5. The summed E-state index contributed by atoms with van der Waals surface area (Å²) in [6.07, 6.45) is 1.97. The number of carbonyl (C=O) groups is 3. The molecule has 4 rings (SSSR count). The van der Waals surface area contributed by atoms with Crippen LogP contribution in [0.3, 0.4) is 0 Å². The second-order valence-electron chi connectivity index (χ2n) is 8.07. The van der Waals surface area contributed by atoms with Gasteiger partial charge in [0.2, 0.25) is 0 Å². The van der Waals surface area contributed by atoms with E-state index in [4.69, 9.17) is 9.47 Å². The molecule has 37 heavy (non-hydrogen) atoms. The van der Waals surface area contributed by atoms with Crippen LogP contribution in [0.25, 0.3) is 6.08 Å². The molecule has 4 amide bonds. The van der Waals surface area contributed by atoms with Gasteiger partial charge in [-0.15, -0.1) is 0 Å². The number of benzene rings is 3. The van der Waals surface area contributed by atoms with Crippen molar-refractivity contribution in [1.82, 2.24) is 5.32 Å². The van der Waals surface area contributed by atoms with Crippen LogP contribution in [0.15, 0.2) is 72.3 Å². The third kappa shape index (κ3) is 5.32. The summed E-state index contributed by atoms with van der Waals surface area (Å²) in [5.41, 5.74) is 2.01. The van der Waals surface area contributed by atoms with E-state index in [2.05, 4.69) is 5.32 Å². The van der Waals surface area contributed by atoms with Gasteiger partial charge in [0.1, 0.15) is 12.2 Å². The van der Waals surface area contributed by atoms with Gasteiger partial charge in [0.25, 0.3) is 17.5 Å². The third-order valence-corrected chi connectivity index (χ3v) is 5.73. The normalized spacial score (nSPS) is 14.5. The average Bonchev–Trinajstić information content (AvgIpc) is 2.90. The Morgan fingerprint density at radius 1 is 1.00 bits per heavy atom. The molecular weight excluding hydrogens is 478 g/mol. The Morgan fingerprint density at radius 3 is 2.51 bits per heavy atom. The molecule has 1 aliphatic heterocycles. The quantitative estimate of drug-likeness (QED) is 0.210. The maximum absolute atomic E-state index is 13.2. The summed E-state index contributed by atoms with van der Waals surface area (Å²) in [7, 11) is 1.44. The summed E-state index contributed by atoms with van der Waals surface area (Å²) in [4.78, 5) is 49.8. The van der Waals surface area contributed by atoms with Gasteiger partial charge in [-0.3, -0.25) is 25.0 Å². The molecule has 0 saturated carbocycles. The Hall–Kier alpha value is -4.99. The molecule has 0 aromatic heterocycles. The lowest BCUT2D eigenvalue weighted by molar-refractivity contribution is -0.384. The highest BCUT2D eigenvalue weighted by molar-refractivity contribution is 6.39. The van der Waals surface area contributed by atoms with E-state index in [9.17, 15) is 24.5 Å². The predicted molar refractivity (Wildman–Crippen MR) is 135 cm³/mol. The summed E-state index contributed by atoms with van der Waals surface area (Å²) in [6.45, 7) is 1.97. The zero-order valence-corrected chi connectivity index (χ0v) is 20.1. The molecule has 10 heteroatoms. The minimum Gasteiger partial charge on any atom is -0.493 e. The van der Waals surface area contributed by atoms with E-state index in [1.54, 1.807) is 42.5 Å². The van der Waals surface area contributed by atoms with Gasteiger partial charge in [0.15, 0.2) is 11.5 Å². The zero-order valence-electron chi connectivity index (χ0n) is 20.1. The standard InChI is InChI=1S/C27H23N3O7/c1-3-19-8-4-5-10-22(19)29-26(32)21(25(31)28-27(29)33)14-17-11-12-23(24(15-17)36-2)37-16-18-7-6-9-20(13-18)30(34)35/h4-15H,3,16H2,1-2H3,(H,28,31,33)/b21-14-. The molecule has 1 fully saturated rings. The average molecular weight is 501 g/mol. The monoisotopic (exact) mass is 501 g/mol. The largest absolute Gasteiger partial charge is 0.493 e. The number of barbiturate groups is 1. The molecule has 0 spiro atoms. The Bertz CT molecular complexity index is 1430. The minimum atomic E-state index is -0.810. The first-order chi connectivity index (χ1) is 17.8. The Balaban J connectivity index is 1.59. The number of para-hydroxylation sites is 1. The molecule has 3 aromatic rings. The molecule has 188 valence electrons. The highest BCUT2D eigenvalue weighted by Gasteiger charge is 2.37. The van der Waals surface area contributed by atoms with Crippen LogP contribution in [-0.2, 0) is 22.6 Å². The first-order valence-electron chi connectivity index (χ1n) is 11.4. The summed E-state index contributed by atoms with van der Waals surface area (Å²) in [6, 6.07) is 17.1. The van der Waals surface area contributed by atoms with Crippen molar-refractivity contribution < 1.29 is 28.8 Å². The molecule has 3 aromatic carbocycles. The van der Waals surface area contributed by atoms with E-state index in [-0.39, 0.29) is 17.9 Å². The first-order valence-corrected chi connectivity index (χ1v) is 11.4. The smallest absolute Gasteiger partial charge is 0.335 e. The number of non-ortho nitro benzene ring substituents is 1. The van der Waals surface area contributed by atoms with Gasteiger partial charge in [0, 0.05) is 12.1 Å². The summed E-state index contributed by atoms with van der Waals surface area (Å²) in [5.74, 6) is -0.846. The molecule has 0 aliphatic carbocycles. The van der Waals surface area contributed by atoms with Crippen molar-refractivity contribution in [2.24, 2.45) is 0 Å². The summed E-state index contributed by atoms with van der Waals surface area (Å²) < 4.78 is 11.2. The maximum atomic E-state index is 13.2. The number of amides is 4. The van der Waals surface area contributed by atoms with Crippen LogP contribution in [0.4, 0.5) is 16.2 Å². The number of rotatable bonds is 8. The molecule has 1 saturated heterocycles. The number of hydrogen-bond acceptors (Lipinski definition) is 7. The highest BCUT2D eigenvalue weighted by atomic mass is 16.6. The number of nitrogens with one attached hydrogen (secondary N) is 1.